The Balaban J connectivity index is 1.90. The number of carbonyl (C=O) groups excluding carboxylic acids is 1. The summed E-state index contributed by atoms with van der Waals surface area (Å²) in [6, 6.07) is 29.8. The van der Waals surface area contributed by atoms with Gasteiger partial charge in [0.2, 0.25) is 0 Å². The molecule has 0 aliphatic rings. The van der Waals surface area contributed by atoms with Crippen LogP contribution in [0.1, 0.15) is 30.5 Å². The van der Waals surface area contributed by atoms with E-state index in [1.54, 1.807) is 13.8 Å². The van der Waals surface area contributed by atoms with E-state index in [0.29, 0.717) is 0 Å². The quantitative estimate of drug-likeness (QED) is 0.502. The van der Waals surface area contributed by atoms with Crippen molar-refractivity contribution in [2.45, 2.75) is 31.7 Å². The van der Waals surface area contributed by atoms with E-state index in [2.05, 4.69) is 5.32 Å². The van der Waals surface area contributed by atoms with Crippen LogP contribution in [-0.2, 0) is 15.1 Å². The van der Waals surface area contributed by atoms with E-state index in [-0.39, 0.29) is 19.3 Å². The first-order valence-electron chi connectivity index (χ1n) is 10.5. The monoisotopic (exact) mass is 419 g/mol. The number of ether oxygens (including phenoxy) is 2. The largest absolute Gasteiger partial charge is 0.447 e. The first kappa shape index (κ1) is 22.5. The topological polar surface area (TPSA) is 67.8 Å². The Morgan fingerprint density at radius 2 is 1.26 bits per heavy atom. The molecule has 31 heavy (non-hydrogen) atoms. The van der Waals surface area contributed by atoms with Crippen LogP contribution in [0.15, 0.2) is 91.0 Å². The molecular weight excluding hydrogens is 390 g/mol. The molecule has 0 saturated carbocycles. The Morgan fingerprint density at radius 1 is 0.839 bits per heavy atom. The number of hydrogen-bond acceptors (Lipinski definition) is 4. The molecule has 0 fully saturated rings. The molecule has 5 nitrogen and oxygen atoms in total. The second kappa shape index (κ2) is 10.8. The van der Waals surface area contributed by atoms with Crippen molar-refractivity contribution in [1.82, 2.24) is 5.32 Å². The molecule has 3 aromatic rings. The Bertz CT molecular complexity index is 833. The summed E-state index contributed by atoms with van der Waals surface area (Å²) < 4.78 is 11.6. The molecule has 3 rings (SSSR count). The van der Waals surface area contributed by atoms with Gasteiger partial charge in [-0.1, -0.05) is 91.0 Å². The molecule has 0 aliphatic carbocycles. The maximum Gasteiger partial charge on any atom is 0.407 e. The maximum atomic E-state index is 11.7. The minimum atomic E-state index is -0.913. The Labute approximate surface area is 183 Å². The molecule has 0 bridgehead atoms. The van der Waals surface area contributed by atoms with Gasteiger partial charge in [0, 0.05) is 6.54 Å². The molecule has 0 aliphatic heterocycles. The highest BCUT2D eigenvalue weighted by atomic mass is 16.6. The number of amides is 1. The molecule has 3 aromatic carbocycles. The lowest BCUT2D eigenvalue weighted by atomic mass is 9.80. The van der Waals surface area contributed by atoms with Crippen LogP contribution in [0.3, 0.4) is 0 Å². The van der Waals surface area contributed by atoms with E-state index in [9.17, 15) is 9.90 Å². The SMILES string of the molecule is CC(C)OC(=O)NCC(O)COC(c1ccccc1)(c1ccccc1)c1ccccc1. The number of hydrogen-bond donors (Lipinski definition) is 2. The van der Waals surface area contributed by atoms with Crippen molar-refractivity contribution in [3.8, 4) is 0 Å². The van der Waals surface area contributed by atoms with E-state index >= 15 is 0 Å². The second-order valence-electron chi connectivity index (χ2n) is 7.58. The molecular formula is C26H29NO4. The first-order valence-corrected chi connectivity index (χ1v) is 10.5. The van der Waals surface area contributed by atoms with Gasteiger partial charge in [0.1, 0.15) is 5.60 Å². The molecule has 2 N–H and O–H groups in total. The maximum absolute atomic E-state index is 11.7. The zero-order valence-electron chi connectivity index (χ0n) is 17.9. The number of aliphatic hydroxyl groups excluding tert-OH is 1. The molecule has 1 unspecified atom stereocenters. The van der Waals surface area contributed by atoms with Gasteiger partial charge in [0.25, 0.3) is 0 Å². The number of aliphatic hydroxyl groups is 1. The number of benzene rings is 3. The van der Waals surface area contributed by atoms with Crippen LogP contribution in [0.25, 0.3) is 0 Å². The molecule has 0 spiro atoms. The smallest absolute Gasteiger partial charge is 0.407 e. The van der Waals surface area contributed by atoms with Crippen LogP contribution in [0.2, 0.25) is 0 Å². The van der Waals surface area contributed by atoms with Gasteiger partial charge in [-0.05, 0) is 30.5 Å². The second-order valence-corrected chi connectivity index (χ2v) is 7.58. The van der Waals surface area contributed by atoms with Gasteiger partial charge in [-0.2, -0.15) is 0 Å². The fraction of sp³-hybridized carbons (Fsp3) is 0.269. The van der Waals surface area contributed by atoms with E-state index in [1.165, 1.54) is 0 Å². The summed E-state index contributed by atoms with van der Waals surface area (Å²) in [6.45, 7) is 3.58. The minimum absolute atomic E-state index is 0.0145. The Kier molecular flexibility index (Phi) is 7.82. The van der Waals surface area contributed by atoms with Crippen LogP contribution in [0, 0.1) is 0 Å². The zero-order chi connectivity index (χ0) is 22.1. The van der Waals surface area contributed by atoms with Crippen molar-refractivity contribution in [3.05, 3.63) is 108 Å². The third-order valence-electron chi connectivity index (χ3n) is 4.86. The van der Waals surface area contributed by atoms with Gasteiger partial charge in [-0.15, -0.1) is 0 Å². The average Bonchev–Trinajstić information content (AvgIpc) is 2.80. The Morgan fingerprint density at radius 3 is 1.65 bits per heavy atom. The minimum Gasteiger partial charge on any atom is -0.447 e. The van der Waals surface area contributed by atoms with Crippen LogP contribution >= 0.6 is 0 Å². The normalized spacial score (nSPS) is 12.4. The first-order chi connectivity index (χ1) is 15.0. The van der Waals surface area contributed by atoms with Gasteiger partial charge in [0.05, 0.1) is 18.8 Å². The van der Waals surface area contributed by atoms with Crippen LogP contribution in [0.4, 0.5) is 4.79 Å². The van der Waals surface area contributed by atoms with Crippen LogP contribution < -0.4 is 5.32 Å². The number of alkyl carbamates (subject to hydrolysis) is 1. The molecule has 162 valence electrons. The van der Waals surface area contributed by atoms with Crippen molar-refractivity contribution in [3.63, 3.8) is 0 Å². The average molecular weight is 420 g/mol. The molecule has 1 amide bonds. The third kappa shape index (κ3) is 5.72. The molecule has 1 atom stereocenters. The summed E-state index contributed by atoms with van der Waals surface area (Å²) in [6.07, 6.45) is -1.69. The summed E-state index contributed by atoms with van der Waals surface area (Å²) >= 11 is 0. The standard InChI is InChI=1S/C26H29NO4/c1-20(2)31-25(29)27-18-24(28)19-30-26(21-12-6-3-7-13-21,22-14-8-4-9-15-22)23-16-10-5-11-17-23/h3-17,20,24,28H,18-19H2,1-2H3,(H,27,29). The zero-order valence-corrected chi connectivity index (χ0v) is 17.9. The van der Waals surface area contributed by atoms with Gasteiger partial charge in [-0.3, -0.25) is 0 Å². The van der Waals surface area contributed by atoms with E-state index in [1.807, 2.05) is 91.0 Å². The summed E-state index contributed by atoms with van der Waals surface area (Å²) in [5.74, 6) is 0. The van der Waals surface area contributed by atoms with Gasteiger partial charge < -0.3 is 19.9 Å². The summed E-state index contributed by atoms with van der Waals surface area (Å²) in [5.41, 5.74) is 1.94. The summed E-state index contributed by atoms with van der Waals surface area (Å²) in [7, 11) is 0. The van der Waals surface area contributed by atoms with Crippen LogP contribution in [0.5, 0.6) is 0 Å². The number of nitrogens with one attached hydrogen (secondary N) is 1. The third-order valence-corrected chi connectivity index (χ3v) is 4.86. The van der Waals surface area contributed by atoms with E-state index < -0.39 is 17.8 Å². The highest BCUT2D eigenvalue weighted by Gasteiger charge is 2.38. The van der Waals surface area contributed by atoms with Crippen molar-refractivity contribution < 1.29 is 19.4 Å². The highest BCUT2D eigenvalue weighted by molar-refractivity contribution is 5.67. The fourth-order valence-electron chi connectivity index (χ4n) is 3.51. The summed E-state index contributed by atoms with van der Waals surface area (Å²) in [4.78, 5) is 11.7. The van der Waals surface area contributed by atoms with E-state index in [4.69, 9.17) is 9.47 Å². The van der Waals surface area contributed by atoms with Gasteiger partial charge in [0.15, 0.2) is 0 Å². The lowest BCUT2D eigenvalue weighted by Crippen LogP contribution is -2.40. The molecule has 5 heteroatoms. The fourth-order valence-corrected chi connectivity index (χ4v) is 3.51. The summed E-state index contributed by atoms with van der Waals surface area (Å²) in [5, 5.41) is 13.1. The highest BCUT2D eigenvalue weighted by Crippen LogP contribution is 2.40. The molecule has 0 radical (unpaired) electrons. The van der Waals surface area contributed by atoms with Crippen molar-refractivity contribution >= 4 is 6.09 Å². The van der Waals surface area contributed by atoms with E-state index in [0.717, 1.165) is 16.7 Å². The van der Waals surface area contributed by atoms with Crippen molar-refractivity contribution in [2.24, 2.45) is 0 Å². The number of rotatable bonds is 9. The lowest BCUT2D eigenvalue weighted by Gasteiger charge is -2.36. The van der Waals surface area contributed by atoms with Crippen molar-refractivity contribution in [2.75, 3.05) is 13.2 Å². The molecule has 0 aromatic heterocycles. The molecule has 0 heterocycles. The predicted molar refractivity (Wildman–Crippen MR) is 121 cm³/mol. The Hall–Kier alpha value is -3.15. The van der Waals surface area contributed by atoms with Gasteiger partial charge in [-0.25, -0.2) is 4.79 Å². The van der Waals surface area contributed by atoms with Gasteiger partial charge >= 0.3 is 6.09 Å². The predicted octanol–water partition coefficient (Wildman–Crippen LogP) is 4.49. The molecule has 0 saturated heterocycles. The van der Waals surface area contributed by atoms with Crippen LogP contribution in [-0.4, -0.2) is 36.6 Å². The lowest BCUT2D eigenvalue weighted by molar-refractivity contribution is -0.0372. The number of carbonyl (C=O) groups is 1. The van der Waals surface area contributed by atoms with Crippen molar-refractivity contribution in [1.29, 1.82) is 0 Å².